The molecule has 9 nitrogen and oxygen atoms in total. The minimum absolute atomic E-state index is 0.0887. The normalized spacial score (nSPS) is 12.4. The van der Waals surface area contributed by atoms with Gasteiger partial charge in [0.25, 0.3) is 5.91 Å². The highest BCUT2D eigenvalue weighted by molar-refractivity contribution is 5.99. The first-order valence-electron chi connectivity index (χ1n) is 10.3. The maximum Gasteiger partial charge on any atom is 0.491 e. The van der Waals surface area contributed by atoms with Crippen LogP contribution in [-0.4, -0.2) is 50.3 Å². The van der Waals surface area contributed by atoms with E-state index < -0.39 is 18.1 Å². The fraction of sp³-hybridized carbons (Fsp3) is 0.273. The Labute approximate surface area is 191 Å². The number of nitrogens with zero attached hydrogens (tertiary/aromatic N) is 4. The minimum Gasteiger partial charge on any atom is -0.381 e. The van der Waals surface area contributed by atoms with Gasteiger partial charge in [-0.3, -0.25) is 19.4 Å². The predicted octanol–water partition coefficient (Wildman–Crippen LogP) is 2.50. The van der Waals surface area contributed by atoms with Gasteiger partial charge >= 0.3 is 18.1 Å². The standard InChI is InChI=1S/C22H18F3N5O4/c23-22(24,25)21(33)34-20(32)18-16-5-4-13-11-27-9-6-15(13)17(16)29-30(18)10-2-8-28-19(31)14-3-1-7-26-12-14/h1,3,6-7,9,11-12H,2,4-5,8,10H2,(H,28,31). The quantitative estimate of drug-likeness (QED) is 0.332. The van der Waals surface area contributed by atoms with Crippen molar-refractivity contribution < 1.29 is 32.3 Å². The number of carbonyl (C=O) groups is 3. The highest BCUT2D eigenvalue weighted by Crippen LogP contribution is 2.34. The Morgan fingerprint density at radius 3 is 2.62 bits per heavy atom. The number of halogens is 3. The minimum atomic E-state index is -5.31. The third kappa shape index (κ3) is 4.80. The van der Waals surface area contributed by atoms with Gasteiger partial charge < -0.3 is 10.1 Å². The number of hydrogen-bond acceptors (Lipinski definition) is 7. The molecule has 176 valence electrons. The van der Waals surface area contributed by atoms with Crippen LogP contribution in [-0.2, 0) is 28.9 Å². The van der Waals surface area contributed by atoms with Crippen LogP contribution in [0.5, 0.6) is 0 Å². The molecule has 0 atom stereocenters. The van der Waals surface area contributed by atoms with E-state index in [1.165, 1.54) is 17.1 Å². The van der Waals surface area contributed by atoms with E-state index in [0.29, 0.717) is 41.6 Å². The Kier molecular flexibility index (Phi) is 6.39. The largest absolute Gasteiger partial charge is 0.491 e. The number of amides is 1. The number of alkyl halides is 3. The van der Waals surface area contributed by atoms with Crippen molar-refractivity contribution >= 4 is 17.8 Å². The molecule has 0 aromatic carbocycles. The molecule has 34 heavy (non-hydrogen) atoms. The molecule has 3 aromatic rings. The van der Waals surface area contributed by atoms with Crippen LogP contribution in [0.4, 0.5) is 13.2 Å². The molecule has 0 saturated carbocycles. The molecule has 3 heterocycles. The molecule has 3 aromatic heterocycles. The second-order valence-electron chi connectivity index (χ2n) is 7.46. The molecule has 0 fully saturated rings. The molecular weight excluding hydrogens is 455 g/mol. The molecule has 0 spiro atoms. The first-order chi connectivity index (χ1) is 16.3. The van der Waals surface area contributed by atoms with Crippen LogP contribution in [0.25, 0.3) is 11.3 Å². The van der Waals surface area contributed by atoms with Gasteiger partial charge in [0.1, 0.15) is 0 Å². The van der Waals surface area contributed by atoms with Crippen LogP contribution in [0.15, 0.2) is 43.0 Å². The van der Waals surface area contributed by atoms with E-state index in [-0.39, 0.29) is 24.7 Å². The Morgan fingerprint density at radius 2 is 1.88 bits per heavy atom. The molecule has 0 radical (unpaired) electrons. The van der Waals surface area contributed by atoms with Gasteiger partial charge in [0.15, 0.2) is 5.69 Å². The van der Waals surface area contributed by atoms with E-state index in [1.54, 1.807) is 30.6 Å². The molecule has 0 bridgehead atoms. The summed E-state index contributed by atoms with van der Waals surface area (Å²) in [5.74, 6) is -4.36. The molecule has 1 N–H and O–H groups in total. The van der Waals surface area contributed by atoms with Crippen molar-refractivity contribution in [2.24, 2.45) is 0 Å². The van der Waals surface area contributed by atoms with E-state index in [4.69, 9.17) is 0 Å². The molecule has 12 heteroatoms. The third-order valence-corrected chi connectivity index (χ3v) is 5.22. The smallest absolute Gasteiger partial charge is 0.381 e. The van der Waals surface area contributed by atoms with Gasteiger partial charge in [-0.15, -0.1) is 0 Å². The van der Waals surface area contributed by atoms with Gasteiger partial charge in [0.05, 0.1) is 11.3 Å². The van der Waals surface area contributed by atoms with Crippen molar-refractivity contribution in [3.63, 3.8) is 0 Å². The van der Waals surface area contributed by atoms with E-state index in [9.17, 15) is 27.6 Å². The van der Waals surface area contributed by atoms with Gasteiger partial charge in [-0.2, -0.15) is 18.3 Å². The zero-order chi connectivity index (χ0) is 24.3. The van der Waals surface area contributed by atoms with Crippen molar-refractivity contribution in [2.75, 3.05) is 6.54 Å². The molecule has 1 amide bonds. The number of aromatic nitrogens is 4. The second kappa shape index (κ2) is 9.41. The summed E-state index contributed by atoms with van der Waals surface area (Å²) in [6.45, 7) is 0.292. The van der Waals surface area contributed by atoms with Crippen molar-refractivity contribution in [3.05, 3.63) is 65.4 Å². The second-order valence-corrected chi connectivity index (χ2v) is 7.46. The molecule has 0 saturated heterocycles. The average Bonchev–Trinajstić information content (AvgIpc) is 3.20. The zero-order valence-electron chi connectivity index (χ0n) is 17.6. The Bertz CT molecular complexity index is 1240. The lowest BCUT2D eigenvalue weighted by atomic mass is 9.90. The topological polar surface area (TPSA) is 116 Å². The van der Waals surface area contributed by atoms with Crippen LogP contribution in [0.2, 0.25) is 0 Å². The Balaban J connectivity index is 1.55. The van der Waals surface area contributed by atoms with E-state index in [2.05, 4.69) is 25.1 Å². The fourth-order valence-electron chi connectivity index (χ4n) is 3.68. The zero-order valence-corrected chi connectivity index (χ0v) is 17.6. The maximum atomic E-state index is 12.7. The van der Waals surface area contributed by atoms with Crippen molar-refractivity contribution in [3.8, 4) is 11.3 Å². The number of aryl methyl sites for hydroxylation is 2. The summed E-state index contributed by atoms with van der Waals surface area (Å²) < 4.78 is 43.3. The summed E-state index contributed by atoms with van der Waals surface area (Å²) in [5, 5.41) is 7.13. The molecule has 0 aliphatic heterocycles. The van der Waals surface area contributed by atoms with Crippen molar-refractivity contribution in [1.82, 2.24) is 25.1 Å². The van der Waals surface area contributed by atoms with Crippen molar-refractivity contribution in [2.45, 2.75) is 32.0 Å². The summed E-state index contributed by atoms with van der Waals surface area (Å²) in [4.78, 5) is 43.9. The van der Waals surface area contributed by atoms with Crippen LogP contribution in [0.1, 0.15) is 38.4 Å². The lowest BCUT2D eigenvalue weighted by molar-refractivity contribution is -0.193. The van der Waals surface area contributed by atoms with Gasteiger partial charge in [0, 0.05) is 49.0 Å². The molecular formula is C22H18F3N5O4. The summed E-state index contributed by atoms with van der Waals surface area (Å²) >= 11 is 0. The van der Waals surface area contributed by atoms with Crippen LogP contribution >= 0.6 is 0 Å². The van der Waals surface area contributed by atoms with Gasteiger partial charge in [-0.05, 0) is 43.0 Å². The van der Waals surface area contributed by atoms with E-state index >= 15 is 0 Å². The van der Waals surface area contributed by atoms with E-state index in [0.717, 1.165) is 5.56 Å². The van der Waals surface area contributed by atoms with Crippen LogP contribution < -0.4 is 5.32 Å². The highest BCUT2D eigenvalue weighted by atomic mass is 19.4. The number of pyridine rings is 2. The van der Waals surface area contributed by atoms with Crippen LogP contribution in [0.3, 0.4) is 0 Å². The number of ether oxygens (including phenoxy) is 1. The van der Waals surface area contributed by atoms with Gasteiger partial charge in [0.2, 0.25) is 0 Å². The van der Waals surface area contributed by atoms with E-state index in [1.807, 2.05) is 0 Å². The molecule has 1 aliphatic carbocycles. The fourth-order valence-corrected chi connectivity index (χ4v) is 3.68. The lowest BCUT2D eigenvalue weighted by Gasteiger charge is -2.15. The lowest BCUT2D eigenvalue weighted by Crippen LogP contribution is -2.30. The molecule has 0 unspecified atom stereocenters. The predicted molar refractivity (Wildman–Crippen MR) is 111 cm³/mol. The number of rotatable bonds is 6. The average molecular weight is 473 g/mol. The van der Waals surface area contributed by atoms with Crippen LogP contribution in [0, 0.1) is 0 Å². The number of hydrogen-bond donors (Lipinski definition) is 1. The maximum absolute atomic E-state index is 12.7. The molecule has 1 aliphatic rings. The summed E-state index contributed by atoms with van der Waals surface area (Å²) in [5.41, 5.74) is 2.57. The number of nitrogens with one attached hydrogen (secondary N) is 1. The molecule has 4 rings (SSSR count). The SMILES string of the molecule is O=C(NCCCn1nc2c(c1C(=O)OC(=O)C(F)(F)F)CCc1cnccc1-2)c1cccnc1. The highest BCUT2D eigenvalue weighted by Gasteiger charge is 2.43. The number of esters is 2. The summed E-state index contributed by atoms with van der Waals surface area (Å²) in [6, 6.07) is 4.92. The first-order valence-corrected chi connectivity index (χ1v) is 10.3. The van der Waals surface area contributed by atoms with Gasteiger partial charge in [-0.25, -0.2) is 9.59 Å². The Morgan fingerprint density at radius 1 is 1.09 bits per heavy atom. The monoisotopic (exact) mass is 473 g/mol. The summed E-state index contributed by atoms with van der Waals surface area (Å²) in [7, 11) is 0. The number of fused-ring (bicyclic) bond motifs is 3. The van der Waals surface area contributed by atoms with Crippen molar-refractivity contribution in [1.29, 1.82) is 0 Å². The Hall–Kier alpha value is -4.09. The first kappa shape index (κ1) is 23.1. The van der Waals surface area contributed by atoms with Gasteiger partial charge in [-0.1, -0.05) is 0 Å². The third-order valence-electron chi connectivity index (χ3n) is 5.22. The number of carbonyl (C=O) groups excluding carboxylic acids is 3. The summed E-state index contributed by atoms with van der Waals surface area (Å²) in [6.07, 6.45) is 1.97.